The summed E-state index contributed by atoms with van der Waals surface area (Å²) in [6.07, 6.45) is 0. The van der Waals surface area contributed by atoms with Gasteiger partial charge in [-0.25, -0.2) is 0 Å². The second-order valence-corrected chi connectivity index (χ2v) is 7.37. The number of rotatable bonds is 5. The molecule has 2 aromatic carbocycles. The summed E-state index contributed by atoms with van der Waals surface area (Å²) in [6, 6.07) is 16.5. The Kier molecular flexibility index (Phi) is 6.45. The van der Waals surface area contributed by atoms with Crippen LogP contribution in [-0.2, 0) is 0 Å². The fourth-order valence-electron chi connectivity index (χ4n) is 2.52. The maximum absolute atomic E-state index is 6.45. The number of nitrogens with zero attached hydrogens (tertiary/aromatic N) is 2. The first-order valence-corrected chi connectivity index (χ1v) is 8.70. The zero-order valence-corrected chi connectivity index (χ0v) is 16.5. The minimum atomic E-state index is -0.191. The van der Waals surface area contributed by atoms with Gasteiger partial charge in [0.2, 0.25) is 0 Å². The highest BCUT2D eigenvalue weighted by Crippen LogP contribution is 2.39. The van der Waals surface area contributed by atoms with E-state index in [0.717, 1.165) is 22.5 Å². The van der Waals surface area contributed by atoms with Crippen molar-refractivity contribution in [1.29, 1.82) is 0 Å². The number of benzene rings is 2. The molecular formula is C19H21Cl3N2. The van der Waals surface area contributed by atoms with Crippen LogP contribution in [0.2, 0.25) is 0 Å². The zero-order chi connectivity index (χ0) is 17.9. The van der Waals surface area contributed by atoms with E-state index in [4.69, 9.17) is 34.8 Å². The molecule has 0 unspecified atom stereocenters. The summed E-state index contributed by atoms with van der Waals surface area (Å²) in [7, 11) is 8.04. The van der Waals surface area contributed by atoms with E-state index in [-0.39, 0.29) is 10.4 Å². The first kappa shape index (κ1) is 19.0. The third-order valence-electron chi connectivity index (χ3n) is 3.92. The highest BCUT2D eigenvalue weighted by atomic mass is 35.5. The molecule has 0 aromatic heterocycles. The lowest BCUT2D eigenvalue weighted by Crippen LogP contribution is -2.10. The van der Waals surface area contributed by atoms with Gasteiger partial charge in [0.05, 0.1) is 5.03 Å². The van der Waals surface area contributed by atoms with Gasteiger partial charge in [-0.15, -0.1) is 0 Å². The molecule has 0 radical (unpaired) electrons. The van der Waals surface area contributed by atoms with Gasteiger partial charge in [0.25, 0.3) is 0 Å². The van der Waals surface area contributed by atoms with Crippen LogP contribution in [0.15, 0.2) is 58.1 Å². The van der Waals surface area contributed by atoms with Crippen LogP contribution in [0.4, 0.5) is 11.4 Å². The SMILES string of the molecule is CN(C)c1ccc(C(C(Cl)=C(Cl)Cl)c2ccc(N(C)C)cc2)cc1. The van der Waals surface area contributed by atoms with Crippen molar-refractivity contribution >= 4 is 46.2 Å². The Balaban J connectivity index is 2.47. The lowest BCUT2D eigenvalue weighted by molar-refractivity contribution is 0.999. The predicted molar refractivity (Wildman–Crippen MR) is 108 cm³/mol. The average Bonchev–Trinajstić information content (AvgIpc) is 2.55. The first-order valence-electron chi connectivity index (χ1n) is 7.56. The quantitative estimate of drug-likeness (QED) is 0.640. The van der Waals surface area contributed by atoms with E-state index >= 15 is 0 Å². The van der Waals surface area contributed by atoms with Crippen LogP contribution in [-0.4, -0.2) is 28.2 Å². The molecule has 0 aliphatic heterocycles. The van der Waals surface area contributed by atoms with E-state index in [1.165, 1.54) is 0 Å². The molecule has 0 fully saturated rings. The largest absolute Gasteiger partial charge is 0.378 e. The van der Waals surface area contributed by atoms with Crippen molar-refractivity contribution in [3.05, 3.63) is 69.2 Å². The second kappa shape index (κ2) is 8.15. The van der Waals surface area contributed by atoms with Crippen LogP contribution in [0.5, 0.6) is 0 Å². The molecule has 0 amide bonds. The molecule has 2 rings (SSSR count). The molecule has 2 nitrogen and oxygen atoms in total. The Bertz CT molecular complexity index is 649. The molecule has 0 aliphatic carbocycles. The van der Waals surface area contributed by atoms with Crippen LogP contribution in [0.25, 0.3) is 0 Å². The molecular weight excluding hydrogens is 363 g/mol. The second-order valence-electron chi connectivity index (χ2n) is 6.01. The normalized spacial score (nSPS) is 10.7. The maximum Gasteiger partial charge on any atom is 0.122 e. The summed E-state index contributed by atoms with van der Waals surface area (Å²) < 4.78 is 0.0926. The maximum atomic E-state index is 6.45. The number of allylic oxidation sites excluding steroid dienone is 1. The van der Waals surface area contributed by atoms with Gasteiger partial charge >= 0.3 is 0 Å². The smallest absolute Gasteiger partial charge is 0.122 e. The van der Waals surface area contributed by atoms with Gasteiger partial charge in [-0.3, -0.25) is 0 Å². The number of anilines is 2. The molecule has 0 saturated carbocycles. The first-order chi connectivity index (χ1) is 11.3. The van der Waals surface area contributed by atoms with Crippen LogP contribution in [0.3, 0.4) is 0 Å². The Morgan fingerprint density at radius 2 is 1.00 bits per heavy atom. The molecule has 0 saturated heterocycles. The van der Waals surface area contributed by atoms with Crippen molar-refractivity contribution < 1.29 is 0 Å². The fourth-order valence-corrected chi connectivity index (χ4v) is 2.99. The summed E-state index contributed by atoms with van der Waals surface area (Å²) in [5.74, 6) is -0.191. The van der Waals surface area contributed by atoms with Gasteiger partial charge in [-0.2, -0.15) is 0 Å². The summed E-state index contributed by atoms with van der Waals surface area (Å²) in [4.78, 5) is 4.10. The lowest BCUT2D eigenvalue weighted by Gasteiger charge is -2.21. The molecule has 5 heteroatoms. The van der Waals surface area contributed by atoms with Crippen molar-refractivity contribution in [3.63, 3.8) is 0 Å². The van der Waals surface area contributed by atoms with Crippen molar-refractivity contribution in [2.45, 2.75) is 5.92 Å². The average molecular weight is 384 g/mol. The molecule has 0 N–H and O–H groups in total. The molecule has 0 aliphatic rings. The standard InChI is InChI=1S/C19H21Cl3N2/c1-23(2)15-9-5-13(6-10-15)17(18(20)19(21)22)14-7-11-16(12-8-14)24(3)4/h5-12,17H,1-4H3. The summed E-state index contributed by atoms with van der Waals surface area (Å²) in [5, 5.41) is 0.425. The minimum absolute atomic E-state index is 0.0926. The Morgan fingerprint density at radius 3 is 1.25 bits per heavy atom. The number of hydrogen-bond donors (Lipinski definition) is 0. The Morgan fingerprint density at radius 1 is 0.667 bits per heavy atom. The lowest BCUT2D eigenvalue weighted by atomic mass is 9.90. The van der Waals surface area contributed by atoms with E-state index in [1.807, 2.05) is 28.2 Å². The monoisotopic (exact) mass is 382 g/mol. The van der Waals surface area contributed by atoms with Crippen molar-refractivity contribution in [1.82, 2.24) is 0 Å². The van der Waals surface area contributed by atoms with E-state index in [9.17, 15) is 0 Å². The highest BCUT2D eigenvalue weighted by Gasteiger charge is 2.20. The van der Waals surface area contributed by atoms with E-state index in [0.29, 0.717) is 5.03 Å². The fraction of sp³-hybridized carbons (Fsp3) is 0.263. The third kappa shape index (κ3) is 4.38. The topological polar surface area (TPSA) is 6.48 Å². The van der Waals surface area contributed by atoms with Gasteiger partial charge in [0, 0.05) is 45.5 Å². The molecule has 2 aromatic rings. The predicted octanol–water partition coefficient (Wildman–Crippen LogP) is 5.84. The van der Waals surface area contributed by atoms with Gasteiger partial charge in [0.15, 0.2) is 0 Å². The molecule has 24 heavy (non-hydrogen) atoms. The Labute approximate surface area is 159 Å². The van der Waals surface area contributed by atoms with Gasteiger partial charge in [-0.1, -0.05) is 59.1 Å². The van der Waals surface area contributed by atoms with Gasteiger partial charge < -0.3 is 9.80 Å². The summed E-state index contributed by atoms with van der Waals surface area (Å²) >= 11 is 18.4. The minimum Gasteiger partial charge on any atom is -0.378 e. The van der Waals surface area contributed by atoms with Gasteiger partial charge in [-0.05, 0) is 35.4 Å². The number of halogens is 3. The highest BCUT2D eigenvalue weighted by molar-refractivity contribution is 6.59. The molecule has 128 valence electrons. The van der Waals surface area contributed by atoms with Crippen LogP contribution in [0.1, 0.15) is 17.0 Å². The van der Waals surface area contributed by atoms with E-state index < -0.39 is 0 Å². The molecule has 0 heterocycles. The van der Waals surface area contributed by atoms with Crippen LogP contribution in [0, 0.1) is 0 Å². The molecule has 0 spiro atoms. The zero-order valence-electron chi connectivity index (χ0n) is 14.2. The van der Waals surface area contributed by atoms with E-state index in [1.54, 1.807) is 0 Å². The summed E-state index contributed by atoms with van der Waals surface area (Å²) in [5.41, 5.74) is 4.33. The molecule has 0 bridgehead atoms. The van der Waals surface area contributed by atoms with Gasteiger partial charge in [0.1, 0.15) is 4.49 Å². The van der Waals surface area contributed by atoms with Crippen LogP contribution >= 0.6 is 34.8 Å². The Hall–Kier alpha value is -1.35. The van der Waals surface area contributed by atoms with Crippen molar-refractivity contribution in [3.8, 4) is 0 Å². The van der Waals surface area contributed by atoms with Crippen LogP contribution < -0.4 is 9.80 Å². The third-order valence-corrected chi connectivity index (χ3v) is 4.93. The van der Waals surface area contributed by atoms with Crippen molar-refractivity contribution in [2.24, 2.45) is 0 Å². The van der Waals surface area contributed by atoms with E-state index in [2.05, 4.69) is 58.3 Å². The molecule has 0 atom stereocenters. The van der Waals surface area contributed by atoms with Crippen molar-refractivity contribution in [2.75, 3.05) is 38.0 Å². The number of hydrogen-bond acceptors (Lipinski definition) is 2. The summed E-state index contributed by atoms with van der Waals surface area (Å²) in [6.45, 7) is 0.